The highest BCUT2D eigenvalue weighted by Gasteiger charge is 2.15. The number of carbonyl (C=O) groups excluding carboxylic acids is 1. The van der Waals surface area contributed by atoms with Crippen LogP contribution in [0.1, 0.15) is 15.9 Å². The average molecular weight is 263 g/mol. The Hall–Kier alpha value is -2.37. The fourth-order valence-electron chi connectivity index (χ4n) is 1.56. The van der Waals surface area contributed by atoms with Gasteiger partial charge in [-0.25, -0.2) is 9.37 Å². The molecule has 98 valence electrons. The third-order valence-electron chi connectivity index (χ3n) is 2.51. The maximum atomic E-state index is 13.3. The van der Waals surface area contributed by atoms with Crippen LogP contribution in [0.4, 0.5) is 8.78 Å². The number of nitrogens with one attached hydrogen (secondary N) is 1. The van der Waals surface area contributed by atoms with Gasteiger partial charge in [0, 0.05) is 25.1 Å². The number of hydrogen-bond acceptors (Lipinski definition) is 3. The Balaban J connectivity index is 1.93. The summed E-state index contributed by atoms with van der Waals surface area (Å²) in [5, 5.41) is 2.51. The summed E-state index contributed by atoms with van der Waals surface area (Å²) in [6.07, 6.45) is 4.94. The minimum atomic E-state index is -1.28. The molecule has 4 nitrogen and oxygen atoms in total. The molecule has 19 heavy (non-hydrogen) atoms. The molecule has 0 aliphatic rings. The van der Waals surface area contributed by atoms with Crippen LogP contribution in [0, 0.1) is 11.8 Å². The first-order valence-electron chi connectivity index (χ1n) is 5.65. The molecular weight excluding hydrogens is 252 g/mol. The van der Waals surface area contributed by atoms with Crippen molar-refractivity contribution in [2.45, 2.75) is 6.42 Å². The minimum Gasteiger partial charge on any atom is -0.352 e. The van der Waals surface area contributed by atoms with Crippen LogP contribution in [0.5, 0.6) is 0 Å². The lowest BCUT2D eigenvalue weighted by Crippen LogP contribution is -2.27. The summed E-state index contributed by atoms with van der Waals surface area (Å²) >= 11 is 0. The van der Waals surface area contributed by atoms with Crippen LogP contribution < -0.4 is 5.32 Å². The predicted octanol–water partition coefficient (Wildman–Crippen LogP) is 1.73. The predicted molar refractivity (Wildman–Crippen MR) is 64.4 cm³/mol. The van der Waals surface area contributed by atoms with E-state index in [0.29, 0.717) is 13.0 Å². The van der Waals surface area contributed by atoms with Crippen LogP contribution >= 0.6 is 0 Å². The monoisotopic (exact) mass is 263 g/mol. The lowest BCUT2D eigenvalue weighted by Gasteiger charge is -2.06. The molecule has 2 aromatic rings. The molecule has 2 heterocycles. The third-order valence-corrected chi connectivity index (χ3v) is 2.51. The molecule has 0 spiro atoms. The molecule has 0 fully saturated rings. The number of hydrogen-bond donors (Lipinski definition) is 1. The largest absolute Gasteiger partial charge is 0.352 e. The molecular formula is C13H11F2N3O. The smallest absolute Gasteiger partial charge is 0.254 e. The van der Waals surface area contributed by atoms with Crippen molar-refractivity contribution in [1.29, 1.82) is 0 Å². The van der Waals surface area contributed by atoms with E-state index in [1.54, 1.807) is 18.5 Å². The van der Waals surface area contributed by atoms with E-state index in [-0.39, 0.29) is 5.56 Å². The van der Waals surface area contributed by atoms with Crippen LogP contribution in [-0.4, -0.2) is 22.4 Å². The highest BCUT2D eigenvalue weighted by Crippen LogP contribution is 2.08. The topological polar surface area (TPSA) is 54.9 Å². The van der Waals surface area contributed by atoms with Crippen molar-refractivity contribution < 1.29 is 13.6 Å². The summed E-state index contributed by atoms with van der Waals surface area (Å²) in [4.78, 5) is 18.7. The molecule has 0 aliphatic carbocycles. The van der Waals surface area contributed by atoms with Gasteiger partial charge in [0.1, 0.15) is 0 Å². The number of carbonyl (C=O) groups is 1. The second-order valence-corrected chi connectivity index (χ2v) is 3.83. The van der Waals surface area contributed by atoms with Crippen LogP contribution in [0.25, 0.3) is 0 Å². The Morgan fingerprint density at radius 1 is 1.26 bits per heavy atom. The molecule has 0 aliphatic heterocycles. The van der Waals surface area contributed by atoms with E-state index in [9.17, 15) is 13.6 Å². The van der Waals surface area contributed by atoms with E-state index in [1.165, 1.54) is 0 Å². The summed E-state index contributed by atoms with van der Waals surface area (Å²) in [6, 6.07) is 4.79. The number of halogens is 2. The van der Waals surface area contributed by atoms with Gasteiger partial charge in [-0.05, 0) is 24.1 Å². The van der Waals surface area contributed by atoms with Crippen molar-refractivity contribution in [1.82, 2.24) is 15.3 Å². The van der Waals surface area contributed by atoms with E-state index >= 15 is 0 Å². The van der Waals surface area contributed by atoms with Gasteiger partial charge in [0.25, 0.3) is 5.91 Å². The quantitative estimate of drug-likeness (QED) is 0.855. The van der Waals surface area contributed by atoms with E-state index in [2.05, 4.69) is 15.3 Å². The molecule has 2 rings (SSSR count). The third kappa shape index (κ3) is 3.31. The van der Waals surface area contributed by atoms with E-state index in [0.717, 1.165) is 17.8 Å². The van der Waals surface area contributed by atoms with Gasteiger partial charge in [0.2, 0.25) is 5.95 Å². The van der Waals surface area contributed by atoms with E-state index in [4.69, 9.17) is 0 Å². The van der Waals surface area contributed by atoms with Crippen LogP contribution in [0.3, 0.4) is 0 Å². The number of aromatic nitrogens is 2. The fraction of sp³-hybridized carbons (Fsp3) is 0.154. The van der Waals surface area contributed by atoms with Crippen molar-refractivity contribution >= 4 is 5.91 Å². The zero-order valence-corrected chi connectivity index (χ0v) is 9.94. The van der Waals surface area contributed by atoms with Crippen molar-refractivity contribution in [2.24, 2.45) is 0 Å². The lowest BCUT2D eigenvalue weighted by molar-refractivity contribution is 0.0948. The summed E-state index contributed by atoms with van der Waals surface area (Å²) in [5.41, 5.74) is 0.600. The van der Waals surface area contributed by atoms with Gasteiger partial charge >= 0.3 is 0 Å². The van der Waals surface area contributed by atoms with Crippen molar-refractivity contribution in [3.05, 3.63) is 59.7 Å². The average Bonchev–Trinajstić information content (AvgIpc) is 2.43. The van der Waals surface area contributed by atoms with E-state index in [1.807, 2.05) is 6.07 Å². The summed E-state index contributed by atoms with van der Waals surface area (Å²) < 4.78 is 26.1. The molecule has 2 aromatic heterocycles. The summed E-state index contributed by atoms with van der Waals surface area (Å²) in [7, 11) is 0. The van der Waals surface area contributed by atoms with Gasteiger partial charge in [0.05, 0.1) is 5.56 Å². The van der Waals surface area contributed by atoms with Crippen molar-refractivity contribution in [3.63, 3.8) is 0 Å². The minimum absolute atomic E-state index is 0.313. The molecule has 6 heteroatoms. The Labute approximate surface area is 108 Å². The molecule has 1 N–H and O–H groups in total. The second kappa shape index (κ2) is 5.99. The van der Waals surface area contributed by atoms with Gasteiger partial charge in [-0.2, -0.15) is 4.39 Å². The van der Waals surface area contributed by atoms with Crippen LogP contribution in [-0.2, 0) is 6.42 Å². The first-order valence-corrected chi connectivity index (χ1v) is 5.65. The molecule has 0 saturated carbocycles. The highest BCUT2D eigenvalue weighted by molar-refractivity contribution is 5.94. The van der Waals surface area contributed by atoms with Crippen molar-refractivity contribution in [3.8, 4) is 0 Å². The van der Waals surface area contributed by atoms with Gasteiger partial charge < -0.3 is 5.32 Å². The number of amides is 1. The maximum Gasteiger partial charge on any atom is 0.254 e. The Bertz CT molecular complexity index is 575. The first kappa shape index (κ1) is 13.1. The Kier molecular flexibility index (Phi) is 4.12. The van der Waals surface area contributed by atoms with E-state index < -0.39 is 17.7 Å². The van der Waals surface area contributed by atoms with Gasteiger partial charge in [-0.3, -0.25) is 9.78 Å². The molecule has 0 radical (unpaired) electrons. The van der Waals surface area contributed by atoms with Gasteiger partial charge in [-0.15, -0.1) is 0 Å². The fourth-order valence-corrected chi connectivity index (χ4v) is 1.56. The highest BCUT2D eigenvalue weighted by atomic mass is 19.2. The summed E-state index contributed by atoms with van der Waals surface area (Å²) in [5.74, 6) is -3.18. The summed E-state index contributed by atoms with van der Waals surface area (Å²) in [6.45, 7) is 0.313. The molecule has 0 aromatic carbocycles. The maximum absolute atomic E-state index is 13.3. The molecule has 1 amide bonds. The first-order chi connectivity index (χ1) is 9.18. The van der Waals surface area contributed by atoms with Crippen molar-refractivity contribution in [2.75, 3.05) is 6.54 Å². The zero-order chi connectivity index (χ0) is 13.7. The SMILES string of the molecule is O=C(NCCc1cccnc1)c1ccnc(F)c1F. The number of pyridine rings is 2. The normalized spacial score (nSPS) is 10.2. The number of nitrogens with zero attached hydrogens (tertiary/aromatic N) is 2. The lowest BCUT2D eigenvalue weighted by atomic mass is 10.2. The molecule has 0 unspecified atom stereocenters. The zero-order valence-electron chi connectivity index (χ0n) is 9.94. The van der Waals surface area contributed by atoms with Crippen LogP contribution in [0.2, 0.25) is 0 Å². The van der Waals surface area contributed by atoms with Gasteiger partial charge in [-0.1, -0.05) is 6.07 Å². The molecule has 0 saturated heterocycles. The second-order valence-electron chi connectivity index (χ2n) is 3.83. The Morgan fingerprint density at radius 3 is 2.84 bits per heavy atom. The molecule has 0 bridgehead atoms. The van der Waals surface area contributed by atoms with Gasteiger partial charge in [0.15, 0.2) is 5.82 Å². The Morgan fingerprint density at radius 2 is 2.11 bits per heavy atom. The van der Waals surface area contributed by atoms with Crippen LogP contribution in [0.15, 0.2) is 36.8 Å². The standard InChI is InChI=1S/C13H11F2N3O/c14-11-10(4-7-17-12(11)15)13(19)18-6-3-9-2-1-5-16-8-9/h1-2,4-5,7-8H,3,6H2,(H,18,19). The molecule has 0 atom stereocenters. The number of rotatable bonds is 4.